The number of pyridine rings is 1. The van der Waals surface area contributed by atoms with Gasteiger partial charge in [0, 0.05) is 54.3 Å². The maximum atomic E-state index is 17.0. The lowest BCUT2D eigenvalue weighted by Crippen LogP contribution is -2.68. The Morgan fingerprint density at radius 2 is 1.85 bits per heavy atom. The molecule has 10 rings (SSSR count). The van der Waals surface area contributed by atoms with Crippen LogP contribution in [0.5, 0.6) is 11.8 Å². The lowest BCUT2D eigenvalue weighted by atomic mass is 9.73. The maximum absolute atomic E-state index is 17.0. The van der Waals surface area contributed by atoms with E-state index >= 15 is 4.39 Å². The van der Waals surface area contributed by atoms with E-state index < -0.39 is 23.3 Å². The van der Waals surface area contributed by atoms with E-state index in [2.05, 4.69) is 37.6 Å². The lowest BCUT2D eigenvalue weighted by Gasteiger charge is -2.60. The van der Waals surface area contributed by atoms with Crippen LogP contribution in [-0.4, -0.2) is 92.5 Å². The van der Waals surface area contributed by atoms with Gasteiger partial charge in [-0.05, 0) is 75.7 Å². The molecule has 4 aromatic rings. The highest BCUT2D eigenvalue weighted by molar-refractivity contribution is 6.03. The monoisotopic (exact) mass is 640 g/mol. The molecule has 8 heterocycles. The molecule has 8 nitrogen and oxygen atoms in total. The number of piperidine rings is 4. The summed E-state index contributed by atoms with van der Waals surface area (Å²) in [6.45, 7) is 1.42. The Hall–Kier alpha value is -4.14. The van der Waals surface area contributed by atoms with Gasteiger partial charge in [0.25, 0.3) is 0 Å². The zero-order valence-corrected chi connectivity index (χ0v) is 26.1. The molecule has 242 valence electrons. The highest BCUT2D eigenvalue weighted by Gasteiger charge is 2.51. The van der Waals surface area contributed by atoms with Gasteiger partial charge in [-0.15, -0.1) is 6.42 Å². The summed E-state index contributed by atoms with van der Waals surface area (Å²) >= 11 is 0. The minimum absolute atomic E-state index is 0.0200. The van der Waals surface area contributed by atoms with Crippen molar-refractivity contribution in [1.29, 1.82) is 0 Å². The smallest absolute Gasteiger partial charge is 0.319 e. The average molecular weight is 641 g/mol. The normalized spacial score (nSPS) is 30.0. The molecule has 0 spiro atoms. The van der Waals surface area contributed by atoms with Crippen LogP contribution >= 0.6 is 0 Å². The molecule has 0 saturated carbocycles. The van der Waals surface area contributed by atoms with E-state index in [0.29, 0.717) is 41.6 Å². The minimum Gasteiger partial charge on any atom is -0.508 e. The number of phenols is 1. The van der Waals surface area contributed by atoms with Crippen molar-refractivity contribution in [3.63, 3.8) is 0 Å². The number of hydrogen-bond donors (Lipinski definition) is 1. The number of anilines is 1. The van der Waals surface area contributed by atoms with Gasteiger partial charge in [0.15, 0.2) is 5.82 Å². The van der Waals surface area contributed by atoms with Gasteiger partial charge in [0.05, 0.1) is 16.5 Å². The molecule has 47 heavy (non-hydrogen) atoms. The third-order valence-corrected chi connectivity index (χ3v) is 11.7. The second-order valence-electron chi connectivity index (χ2n) is 14.2. The van der Waals surface area contributed by atoms with Crippen molar-refractivity contribution >= 4 is 27.5 Å². The summed E-state index contributed by atoms with van der Waals surface area (Å²) in [5.74, 6) is 1.47. The summed E-state index contributed by atoms with van der Waals surface area (Å²) in [5, 5.41) is 11.8. The van der Waals surface area contributed by atoms with Gasteiger partial charge in [-0.3, -0.25) is 9.88 Å². The van der Waals surface area contributed by atoms with Crippen molar-refractivity contribution in [3.05, 3.63) is 47.7 Å². The second-order valence-corrected chi connectivity index (χ2v) is 14.2. The first-order valence-electron chi connectivity index (χ1n) is 16.5. The van der Waals surface area contributed by atoms with E-state index in [9.17, 15) is 13.9 Å². The van der Waals surface area contributed by atoms with Crippen LogP contribution in [0.2, 0.25) is 0 Å². The number of terminal acetylenes is 1. The van der Waals surface area contributed by atoms with E-state index in [-0.39, 0.29) is 58.2 Å². The van der Waals surface area contributed by atoms with Gasteiger partial charge < -0.3 is 19.6 Å². The number of halogens is 3. The van der Waals surface area contributed by atoms with E-state index in [1.165, 1.54) is 24.3 Å². The van der Waals surface area contributed by atoms with Gasteiger partial charge in [0.2, 0.25) is 0 Å². The summed E-state index contributed by atoms with van der Waals surface area (Å²) in [7, 11) is 2.21. The topological polar surface area (TPSA) is 77.9 Å². The number of aromatic hydroxyl groups is 1. The number of benzene rings is 2. The molecule has 0 aliphatic carbocycles. The first-order valence-corrected chi connectivity index (χ1v) is 16.5. The summed E-state index contributed by atoms with van der Waals surface area (Å²) in [5.41, 5.74) is -0.406. The molecule has 6 aliphatic heterocycles. The molecule has 6 saturated heterocycles. The Morgan fingerprint density at radius 3 is 2.60 bits per heavy atom. The molecule has 2 atom stereocenters. The third-order valence-electron chi connectivity index (χ3n) is 11.7. The van der Waals surface area contributed by atoms with Crippen LogP contribution in [0.25, 0.3) is 32.9 Å². The van der Waals surface area contributed by atoms with E-state index in [4.69, 9.17) is 16.1 Å². The SMILES string of the molecule is C#Cc1c(F)ccc2cc(O)cc(-c3ncc4c(N5C6CC7CC5CC(C6)N7C)nc(OC[C@@]56CCCN5C[C@H](F)C6)nc4c3F)c12. The van der Waals surface area contributed by atoms with Crippen molar-refractivity contribution in [2.75, 3.05) is 31.6 Å². The molecular formula is C36H35F3N6O2. The molecule has 0 unspecified atom stereocenters. The fourth-order valence-corrected chi connectivity index (χ4v) is 9.57. The Bertz CT molecular complexity index is 1970. The second kappa shape index (κ2) is 10.4. The predicted molar refractivity (Wildman–Crippen MR) is 172 cm³/mol. The van der Waals surface area contributed by atoms with Gasteiger partial charge in [-0.2, -0.15) is 9.97 Å². The molecule has 2 aromatic heterocycles. The molecule has 0 amide bonds. The number of aromatic nitrogens is 3. The van der Waals surface area contributed by atoms with Crippen molar-refractivity contribution in [3.8, 4) is 35.4 Å². The molecule has 6 fully saturated rings. The van der Waals surface area contributed by atoms with Gasteiger partial charge in [0.1, 0.15) is 41.4 Å². The highest BCUT2D eigenvalue weighted by atomic mass is 19.1. The summed E-state index contributed by atoms with van der Waals surface area (Å²) in [4.78, 5) is 21.1. The molecule has 0 radical (unpaired) electrons. The zero-order valence-electron chi connectivity index (χ0n) is 26.1. The Kier molecular flexibility index (Phi) is 6.44. The minimum atomic E-state index is -0.912. The van der Waals surface area contributed by atoms with E-state index in [1.807, 2.05) is 0 Å². The van der Waals surface area contributed by atoms with Crippen LogP contribution in [0.15, 0.2) is 30.5 Å². The zero-order chi connectivity index (χ0) is 32.2. The number of phenolic OH excluding ortho intramolecular Hbond substituents is 1. The Labute approximate surface area is 270 Å². The van der Waals surface area contributed by atoms with E-state index in [0.717, 1.165) is 45.1 Å². The molecule has 4 bridgehead atoms. The summed E-state index contributed by atoms with van der Waals surface area (Å²) < 4.78 is 52.7. The van der Waals surface area contributed by atoms with Crippen molar-refractivity contribution in [2.24, 2.45) is 0 Å². The fourth-order valence-electron chi connectivity index (χ4n) is 9.57. The van der Waals surface area contributed by atoms with Crippen LogP contribution in [0.1, 0.15) is 50.5 Å². The number of alkyl halides is 1. The molecule has 2 aromatic carbocycles. The van der Waals surface area contributed by atoms with Crippen molar-refractivity contribution in [2.45, 2.75) is 80.8 Å². The highest BCUT2D eigenvalue weighted by Crippen LogP contribution is 2.48. The Balaban J connectivity index is 1.20. The first kappa shape index (κ1) is 29.0. The standard InChI is InChI=1S/C36H35F3N6O2/c1-3-26-29(38)6-5-19-9-25(46)14-27(30(19)26)32-31(39)33-28(16-40-32)34(45-23-10-21-11-24(45)13-22(12-23)43(21)2)42-35(41-33)47-18-36-7-4-8-44(36)17-20(37)15-36/h1,5-6,9,14,16,20-24,46H,4,7-8,10-13,15,17-18H2,2H3/t20-,21?,22?,23?,24?,36+/m1/s1. The Morgan fingerprint density at radius 1 is 1.09 bits per heavy atom. The van der Waals surface area contributed by atoms with Crippen LogP contribution < -0.4 is 9.64 Å². The largest absolute Gasteiger partial charge is 0.508 e. The third kappa shape index (κ3) is 4.34. The van der Waals surface area contributed by atoms with Crippen LogP contribution in [-0.2, 0) is 0 Å². The fraction of sp³-hybridized carbons (Fsp3) is 0.472. The number of hydrogen-bond acceptors (Lipinski definition) is 8. The number of ether oxygens (including phenoxy) is 1. The predicted octanol–water partition coefficient (Wildman–Crippen LogP) is 5.58. The molecule has 11 heteroatoms. The first-order chi connectivity index (χ1) is 22.7. The lowest BCUT2D eigenvalue weighted by molar-refractivity contribution is 0.00654. The summed E-state index contributed by atoms with van der Waals surface area (Å²) in [6.07, 6.45) is 12.5. The molecule has 1 N–H and O–H groups in total. The molecular weight excluding hydrogens is 605 g/mol. The number of nitrogens with zero attached hydrogens (tertiary/aromatic N) is 6. The van der Waals surface area contributed by atoms with Gasteiger partial charge >= 0.3 is 6.01 Å². The summed E-state index contributed by atoms with van der Waals surface area (Å²) in [6, 6.07) is 7.05. The molecule has 6 aliphatic rings. The van der Waals surface area contributed by atoms with Crippen LogP contribution in [0.4, 0.5) is 19.0 Å². The maximum Gasteiger partial charge on any atom is 0.319 e. The average Bonchev–Trinajstić information content (AvgIpc) is 3.57. The van der Waals surface area contributed by atoms with Crippen LogP contribution in [0.3, 0.4) is 0 Å². The van der Waals surface area contributed by atoms with Crippen molar-refractivity contribution < 1.29 is 23.0 Å². The van der Waals surface area contributed by atoms with Crippen LogP contribution in [0, 0.1) is 24.0 Å². The number of fused-ring (bicyclic) bond motifs is 3. The number of rotatable bonds is 5. The van der Waals surface area contributed by atoms with Crippen molar-refractivity contribution in [1.82, 2.24) is 24.8 Å². The van der Waals surface area contributed by atoms with Gasteiger partial charge in [-0.1, -0.05) is 12.0 Å². The van der Waals surface area contributed by atoms with E-state index in [1.54, 1.807) is 6.20 Å². The quantitative estimate of drug-likeness (QED) is 0.284. The van der Waals surface area contributed by atoms with Gasteiger partial charge in [-0.25, -0.2) is 13.2 Å².